The molecule has 0 unspecified atom stereocenters. The van der Waals surface area contributed by atoms with Crippen molar-refractivity contribution >= 4 is 10.0 Å². The summed E-state index contributed by atoms with van der Waals surface area (Å²) in [6.45, 7) is 3.25. The van der Waals surface area contributed by atoms with Crippen molar-refractivity contribution in [3.05, 3.63) is 71.3 Å². The van der Waals surface area contributed by atoms with Gasteiger partial charge in [0, 0.05) is 32.7 Å². The van der Waals surface area contributed by atoms with E-state index in [2.05, 4.69) is 11.0 Å². The van der Waals surface area contributed by atoms with Gasteiger partial charge in [-0.3, -0.25) is 4.90 Å². The Morgan fingerprint density at radius 3 is 2.12 bits per heavy atom. The van der Waals surface area contributed by atoms with E-state index < -0.39 is 10.0 Å². The van der Waals surface area contributed by atoms with Crippen molar-refractivity contribution in [2.75, 3.05) is 26.2 Å². The van der Waals surface area contributed by atoms with E-state index in [-0.39, 0.29) is 5.75 Å². The molecular formula is C19H21N3O2S. The summed E-state index contributed by atoms with van der Waals surface area (Å²) < 4.78 is 26.7. The third-order valence-corrected chi connectivity index (χ3v) is 6.26. The van der Waals surface area contributed by atoms with Crippen LogP contribution in [0.2, 0.25) is 0 Å². The average Bonchev–Trinajstić information content (AvgIpc) is 2.63. The summed E-state index contributed by atoms with van der Waals surface area (Å²) in [6, 6.07) is 19.0. The summed E-state index contributed by atoms with van der Waals surface area (Å²) in [5, 5.41) is 8.84. The molecule has 130 valence electrons. The second-order valence-corrected chi connectivity index (χ2v) is 8.19. The van der Waals surface area contributed by atoms with Crippen LogP contribution in [0.15, 0.2) is 54.6 Å². The van der Waals surface area contributed by atoms with Crippen molar-refractivity contribution in [1.29, 1.82) is 5.26 Å². The maximum absolute atomic E-state index is 12.6. The lowest BCUT2D eigenvalue weighted by atomic mass is 10.1. The summed E-state index contributed by atoms with van der Waals surface area (Å²) in [7, 11) is -3.27. The van der Waals surface area contributed by atoms with Crippen LogP contribution in [0, 0.1) is 11.3 Å². The second-order valence-electron chi connectivity index (χ2n) is 6.23. The zero-order valence-electron chi connectivity index (χ0n) is 14.0. The summed E-state index contributed by atoms with van der Waals surface area (Å²) in [6.07, 6.45) is 0. The van der Waals surface area contributed by atoms with Gasteiger partial charge in [-0.15, -0.1) is 0 Å². The molecule has 1 heterocycles. The van der Waals surface area contributed by atoms with Crippen LogP contribution in [0.3, 0.4) is 0 Å². The molecule has 1 saturated heterocycles. The van der Waals surface area contributed by atoms with Crippen LogP contribution in [-0.4, -0.2) is 43.8 Å². The Balaban J connectivity index is 1.55. The maximum Gasteiger partial charge on any atom is 0.218 e. The fraction of sp³-hybridized carbons (Fsp3) is 0.316. The van der Waals surface area contributed by atoms with Gasteiger partial charge in [0.25, 0.3) is 0 Å². The smallest absolute Gasteiger partial charge is 0.218 e. The lowest BCUT2D eigenvalue weighted by Crippen LogP contribution is -2.48. The first-order valence-electron chi connectivity index (χ1n) is 8.30. The molecule has 0 bridgehead atoms. The number of hydrogen-bond acceptors (Lipinski definition) is 4. The van der Waals surface area contributed by atoms with Crippen molar-refractivity contribution in [3.8, 4) is 6.07 Å². The fourth-order valence-electron chi connectivity index (χ4n) is 2.98. The van der Waals surface area contributed by atoms with Gasteiger partial charge in [-0.25, -0.2) is 8.42 Å². The lowest BCUT2D eigenvalue weighted by Gasteiger charge is -2.34. The number of hydrogen-bond donors (Lipinski definition) is 0. The minimum atomic E-state index is -3.27. The van der Waals surface area contributed by atoms with Crippen molar-refractivity contribution in [3.63, 3.8) is 0 Å². The van der Waals surface area contributed by atoms with Gasteiger partial charge in [-0.2, -0.15) is 9.57 Å². The maximum atomic E-state index is 12.6. The average molecular weight is 355 g/mol. The molecule has 1 aliphatic rings. The zero-order chi connectivity index (χ0) is 17.7. The summed E-state index contributed by atoms with van der Waals surface area (Å²) in [4.78, 5) is 2.25. The van der Waals surface area contributed by atoms with Crippen LogP contribution in [0.5, 0.6) is 0 Å². The molecule has 6 heteroatoms. The highest BCUT2D eigenvalue weighted by Gasteiger charge is 2.26. The van der Waals surface area contributed by atoms with E-state index in [1.54, 1.807) is 4.31 Å². The summed E-state index contributed by atoms with van der Waals surface area (Å²) in [5.41, 5.74) is 2.61. The van der Waals surface area contributed by atoms with E-state index in [9.17, 15) is 8.42 Å². The molecule has 1 aliphatic heterocycles. The van der Waals surface area contributed by atoms with Crippen LogP contribution in [0.4, 0.5) is 0 Å². The largest absolute Gasteiger partial charge is 0.296 e. The Bertz CT molecular complexity index is 834. The molecule has 3 rings (SSSR count). The van der Waals surface area contributed by atoms with E-state index in [1.165, 1.54) is 0 Å². The molecule has 0 N–H and O–H groups in total. The standard InChI is InChI=1S/C19H21N3O2S/c20-14-17-6-8-18(9-7-17)15-21-10-12-22(13-11-21)25(23,24)16-19-4-2-1-3-5-19/h1-9H,10-13,15-16H2. The normalized spacial score (nSPS) is 16.4. The van der Waals surface area contributed by atoms with Gasteiger partial charge in [-0.1, -0.05) is 42.5 Å². The van der Waals surface area contributed by atoms with Gasteiger partial charge in [0.2, 0.25) is 10.0 Å². The number of nitrogens with zero attached hydrogens (tertiary/aromatic N) is 3. The fourth-order valence-corrected chi connectivity index (χ4v) is 4.50. The minimum Gasteiger partial charge on any atom is -0.296 e. The first kappa shape index (κ1) is 17.6. The van der Waals surface area contributed by atoms with Crippen molar-refractivity contribution in [2.24, 2.45) is 0 Å². The molecular weight excluding hydrogens is 334 g/mol. The Labute approximate surface area is 149 Å². The van der Waals surface area contributed by atoms with E-state index in [0.29, 0.717) is 31.7 Å². The third kappa shape index (κ3) is 4.67. The van der Waals surface area contributed by atoms with Crippen LogP contribution < -0.4 is 0 Å². The first-order valence-corrected chi connectivity index (χ1v) is 9.91. The molecule has 5 nitrogen and oxygen atoms in total. The molecule has 0 aliphatic carbocycles. The van der Waals surface area contributed by atoms with Crippen molar-refractivity contribution < 1.29 is 8.42 Å². The molecule has 0 atom stereocenters. The molecule has 0 saturated carbocycles. The molecule has 1 fully saturated rings. The number of nitriles is 1. The van der Waals surface area contributed by atoms with Crippen LogP contribution in [0.25, 0.3) is 0 Å². The predicted molar refractivity (Wildman–Crippen MR) is 97.1 cm³/mol. The molecule has 0 amide bonds. The van der Waals surface area contributed by atoms with Gasteiger partial charge >= 0.3 is 0 Å². The highest BCUT2D eigenvalue weighted by molar-refractivity contribution is 7.88. The van der Waals surface area contributed by atoms with Crippen LogP contribution in [0.1, 0.15) is 16.7 Å². The van der Waals surface area contributed by atoms with Gasteiger partial charge in [0.1, 0.15) is 0 Å². The topological polar surface area (TPSA) is 64.4 Å². The summed E-state index contributed by atoms with van der Waals surface area (Å²) >= 11 is 0. The van der Waals surface area contributed by atoms with Crippen molar-refractivity contribution in [1.82, 2.24) is 9.21 Å². The van der Waals surface area contributed by atoms with E-state index >= 15 is 0 Å². The van der Waals surface area contributed by atoms with Crippen LogP contribution >= 0.6 is 0 Å². The Hall–Kier alpha value is -2.20. The number of piperazine rings is 1. The second kappa shape index (κ2) is 7.79. The Morgan fingerprint density at radius 2 is 1.52 bits per heavy atom. The zero-order valence-corrected chi connectivity index (χ0v) is 14.8. The number of sulfonamides is 1. The van der Waals surface area contributed by atoms with Gasteiger partial charge in [-0.05, 0) is 23.3 Å². The number of rotatable bonds is 5. The lowest BCUT2D eigenvalue weighted by molar-refractivity contribution is 0.181. The highest BCUT2D eigenvalue weighted by atomic mass is 32.2. The molecule has 2 aromatic rings. The first-order chi connectivity index (χ1) is 12.1. The number of benzene rings is 2. The SMILES string of the molecule is N#Cc1ccc(CN2CCN(S(=O)(=O)Cc3ccccc3)CC2)cc1. The molecule has 25 heavy (non-hydrogen) atoms. The highest BCUT2D eigenvalue weighted by Crippen LogP contribution is 2.15. The predicted octanol–water partition coefficient (Wildman–Crippen LogP) is 2.21. The van der Waals surface area contributed by atoms with Gasteiger partial charge < -0.3 is 0 Å². The van der Waals surface area contributed by atoms with Crippen LogP contribution in [-0.2, 0) is 22.3 Å². The Kier molecular flexibility index (Phi) is 5.49. The van der Waals surface area contributed by atoms with E-state index in [1.807, 2.05) is 54.6 Å². The van der Waals surface area contributed by atoms with Gasteiger partial charge in [0.15, 0.2) is 0 Å². The van der Waals surface area contributed by atoms with E-state index in [0.717, 1.165) is 17.7 Å². The third-order valence-electron chi connectivity index (χ3n) is 4.41. The van der Waals surface area contributed by atoms with Crippen molar-refractivity contribution in [2.45, 2.75) is 12.3 Å². The summed E-state index contributed by atoms with van der Waals surface area (Å²) in [5.74, 6) is 0.0590. The molecule has 0 spiro atoms. The molecule has 0 radical (unpaired) electrons. The molecule has 2 aromatic carbocycles. The van der Waals surface area contributed by atoms with Gasteiger partial charge in [0.05, 0.1) is 17.4 Å². The molecule has 0 aromatic heterocycles. The van der Waals surface area contributed by atoms with E-state index in [4.69, 9.17) is 5.26 Å². The Morgan fingerprint density at radius 1 is 0.880 bits per heavy atom. The quantitative estimate of drug-likeness (QED) is 0.825. The minimum absolute atomic E-state index is 0.0590. The monoisotopic (exact) mass is 355 g/mol.